The van der Waals surface area contributed by atoms with Crippen LogP contribution in [0.15, 0.2) is 24.3 Å². The predicted octanol–water partition coefficient (Wildman–Crippen LogP) is 2.55. The van der Waals surface area contributed by atoms with Crippen LogP contribution in [0.3, 0.4) is 0 Å². The quantitative estimate of drug-likeness (QED) is 0.926. The molecule has 1 aliphatic heterocycles. The fourth-order valence-electron chi connectivity index (χ4n) is 2.06. The molecular formula is C13H15F3N2O2. The molecule has 1 saturated heterocycles. The van der Waals surface area contributed by atoms with Crippen LogP contribution in [0.2, 0.25) is 0 Å². The number of hydrogen-bond donors (Lipinski definition) is 1. The number of carbonyl (C=O) groups excluding carboxylic acids is 1. The molecule has 1 heterocycles. The van der Waals surface area contributed by atoms with Crippen molar-refractivity contribution >= 4 is 6.09 Å². The Kier molecular flexibility index (Phi) is 4.17. The lowest BCUT2D eigenvalue weighted by Gasteiger charge is -2.13. The zero-order valence-electron chi connectivity index (χ0n) is 10.7. The third-order valence-corrected chi connectivity index (χ3v) is 3.11. The zero-order chi connectivity index (χ0) is 14.8. The third-order valence-electron chi connectivity index (χ3n) is 3.11. The molecule has 1 atom stereocenters. The van der Waals surface area contributed by atoms with Crippen LogP contribution in [0, 0.1) is 0 Å². The van der Waals surface area contributed by atoms with Crippen LogP contribution in [0.25, 0.3) is 0 Å². The Morgan fingerprint density at radius 3 is 2.80 bits per heavy atom. The molecule has 110 valence electrons. The van der Waals surface area contributed by atoms with Gasteiger partial charge in [-0.15, -0.1) is 0 Å². The molecule has 1 fully saturated rings. The molecule has 1 unspecified atom stereocenters. The SMILES string of the molecule is NCCCN1CC(c2cccc(C(F)(F)F)c2)OC1=O. The summed E-state index contributed by atoms with van der Waals surface area (Å²) in [6.45, 7) is 1.14. The molecule has 20 heavy (non-hydrogen) atoms. The van der Waals surface area contributed by atoms with E-state index in [1.165, 1.54) is 17.0 Å². The van der Waals surface area contributed by atoms with E-state index in [0.29, 0.717) is 25.1 Å². The molecule has 1 aliphatic rings. The summed E-state index contributed by atoms with van der Waals surface area (Å²) in [6, 6.07) is 4.85. The summed E-state index contributed by atoms with van der Waals surface area (Å²) < 4.78 is 43.0. The molecule has 0 aromatic heterocycles. The number of carbonyl (C=O) groups is 1. The lowest BCUT2D eigenvalue weighted by molar-refractivity contribution is -0.137. The minimum Gasteiger partial charge on any atom is -0.439 e. The number of ether oxygens (including phenoxy) is 1. The van der Waals surface area contributed by atoms with Crippen molar-refractivity contribution in [1.82, 2.24) is 4.90 Å². The van der Waals surface area contributed by atoms with Crippen molar-refractivity contribution < 1.29 is 22.7 Å². The molecule has 1 aromatic rings. The van der Waals surface area contributed by atoms with Gasteiger partial charge in [0.1, 0.15) is 6.10 Å². The van der Waals surface area contributed by atoms with E-state index in [-0.39, 0.29) is 6.54 Å². The van der Waals surface area contributed by atoms with E-state index in [4.69, 9.17) is 10.5 Å². The number of benzene rings is 1. The first-order chi connectivity index (χ1) is 9.41. The van der Waals surface area contributed by atoms with Crippen molar-refractivity contribution in [3.63, 3.8) is 0 Å². The second-order valence-electron chi connectivity index (χ2n) is 4.58. The smallest absolute Gasteiger partial charge is 0.416 e. The minimum atomic E-state index is -4.40. The predicted molar refractivity (Wildman–Crippen MR) is 65.9 cm³/mol. The Balaban J connectivity index is 2.11. The van der Waals surface area contributed by atoms with Gasteiger partial charge in [0, 0.05) is 6.54 Å². The molecule has 1 amide bonds. The number of amides is 1. The van der Waals surface area contributed by atoms with E-state index in [9.17, 15) is 18.0 Å². The lowest BCUT2D eigenvalue weighted by atomic mass is 10.1. The highest BCUT2D eigenvalue weighted by Gasteiger charge is 2.34. The first-order valence-electron chi connectivity index (χ1n) is 6.24. The molecule has 0 aliphatic carbocycles. The van der Waals surface area contributed by atoms with Gasteiger partial charge in [0.25, 0.3) is 0 Å². The van der Waals surface area contributed by atoms with Crippen LogP contribution in [-0.4, -0.2) is 30.6 Å². The molecule has 4 nitrogen and oxygen atoms in total. The summed E-state index contributed by atoms with van der Waals surface area (Å²) in [6.07, 6.45) is -4.95. The van der Waals surface area contributed by atoms with E-state index in [2.05, 4.69) is 0 Å². The maximum absolute atomic E-state index is 12.6. The Morgan fingerprint density at radius 2 is 2.15 bits per heavy atom. The van der Waals surface area contributed by atoms with Crippen LogP contribution in [-0.2, 0) is 10.9 Å². The van der Waals surface area contributed by atoms with E-state index in [1.807, 2.05) is 0 Å². The Labute approximate surface area is 114 Å². The molecule has 0 spiro atoms. The van der Waals surface area contributed by atoms with Crippen LogP contribution >= 0.6 is 0 Å². The standard InChI is InChI=1S/C13H15F3N2O2/c14-13(15,16)10-4-1-3-9(7-10)11-8-18(6-2-5-17)12(19)20-11/h1,3-4,7,11H,2,5-6,8,17H2. The van der Waals surface area contributed by atoms with Gasteiger partial charge in [-0.25, -0.2) is 4.79 Å². The monoisotopic (exact) mass is 288 g/mol. The van der Waals surface area contributed by atoms with Crippen LogP contribution in [0.5, 0.6) is 0 Å². The Hall–Kier alpha value is -1.76. The topological polar surface area (TPSA) is 55.6 Å². The van der Waals surface area contributed by atoms with Gasteiger partial charge >= 0.3 is 12.3 Å². The maximum atomic E-state index is 12.6. The van der Waals surface area contributed by atoms with Crippen molar-refractivity contribution in [3.8, 4) is 0 Å². The van der Waals surface area contributed by atoms with Crippen molar-refractivity contribution in [3.05, 3.63) is 35.4 Å². The van der Waals surface area contributed by atoms with Gasteiger partial charge in [-0.1, -0.05) is 12.1 Å². The molecule has 0 radical (unpaired) electrons. The van der Waals surface area contributed by atoms with Gasteiger partial charge in [-0.05, 0) is 30.7 Å². The zero-order valence-corrected chi connectivity index (χ0v) is 10.7. The first kappa shape index (κ1) is 14.6. The van der Waals surface area contributed by atoms with Crippen LogP contribution < -0.4 is 5.73 Å². The number of nitrogens with two attached hydrogens (primary N) is 1. The molecular weight excluding hydrogens is 273 g/mol. The lowest BCUT2D eigenvalue weighted by Crippen LogP contribution is -2.27. The number of alkyl halides is 3. The second kappa shape index (κ2) is 5.70. The Morgan fingerprint density at radius 1 is 1.40 bits per heavy atom. The van der Waals surface area contributed by atoms with E-state index in [0.717, 1.165) is 12.1 Å². The average molecular weight is 288 g/mol. The summed E-state index contributed by atoms with van der Waals surface area (Å²) in [4.78, 5) is 13.0. The minimum absolute atomic E-state index is 0.250. The fourth-order valence-corrected chi connectivity index (χ4v) is 2.06. The van der Waals surface area contributed by atoms with Gasteiger partial charge in [0.05, 0.1) is 12.1 Å². The summed E-state index contributed by atoms with van der Waals surface area (Å²) >= 11 is 0. The molecule has 2 N–H and O–H groups in total. The summed E-state index contributed by atoms with van der Waals surface area (Å²) in [7, 11) is 0. The van der Waals surface area contributed by atoms with Crippen LogP contribution in [0.1, 0.15) is 23.7 Å². The summed E-state index contributed by atoms with van der Waals surface area (Å²) in [5, 5.41) is 0. The van der Waals surface area contributed by atoms with Crippen molar-refractivity contribution in [1.29, 1.82) is 0 Å². The highest BCUT2D eigenvalue weighted by atomic mass is 19.4. The van der Waals surface area contributed by atoms with Gasteiger partial charge in [0.15, 0.2) is 0 Å². The number of nitrogens with zero attached hydrogens (tertiary/aromatic N) is 1. The van der Waals surface area contributed by atoms with Crippen molar-refractivity contribution in [2.24, 2.45) is 5.73 Å². The third kappa shape index (κ3) is 3.22. The molecule has 2 rings (SSSR count). The average Bonchev–Trinajstić information content (AvgIpc) is 2.77. The van der Waals surface area contributed by atoms with Gasteiger partial charge in [0.2, 0.25) is 0 Å². The van der Waals surface area contributed by atoms with Crippen molar-refractivity contribution in [2.45, 2.75) is 18.7 Å². The van der Waals surface area contributed by atoms with Gasteiger partial charge in [-0.2, -0.15) is 13.2 Å². The second-order valence-corrected chi connectivity index (χ2v) is 4.58. The number of halogens is 3. The maximum Gasteiger partial charge on any atom is 0.416 e. The van der Waals surface area contributed by atoms with E-state index < -0.39 is 23.9 Å². The molecule has 7 heteroatoms. The number of hydrogen-bond acceptors (Lipinski definition) is 3. The molecule has 1 aromatic carbocycles. The largest absolute Gasteiger partial charge is 0.439 e. The fraction of sp³-hybridized carbons (Fsp3) is 0.462. The summed E-state index contributed by atoms with van der Waals surface area (Å²) in [5.74, 6) is 0. The van der Waals surface area contributed by atoms with E-state index >= 15 is 0 Å². The van der Waals surface area contributed by atoms with Gasteiger partial charge < -0.3 is 15.4 Å². The number of rotatable bonds is 4. The van der Waals surface area contributed by atoms with E-state index in [1.54, 1.807) is 0 Å². The van der Waals surface area contributed by atoms with Crippen LogP contribution in [0.4, 0.5) is 18.0 Å². The Bertz CT molecular complexity index is 491. The summed E-state index contributed by atoms with van der Waals surface area (Å²) in [5.41, 5.74) is 4.97. The normalized spacial score (nSPS) is 19.3. The first-order valence-corrected chi connectivity index (χ1v) is 6.24. The molecule has 0 bridgehead atoms. The van der Waals surface area contributed by atoms with Gasteiger partial charge in [-0.3, -0.25) is 0 Å². The van der Waals surface area contributed by atoms with Crippen molar-refractivity contribution in [2.75, 3.05) is 19.6 Å². The highest BCUT2D eigenvalue weighted by molar-refractivity contribution is 5.70. The highest BCUT2D eigenvalue weighted by Crippen LogP contribution is 2.33. The molecule has 0 saturated carbocycles. The number of cyclic esters (lactones) is 1.